The van der Waals surface area contributed by atoms with Crippen LogP contribution in [0, 0.1) is 25.8 Å². The van der Waals surface area contributed by atoms with Gasteiger partial charge in [0.1, 0.15) is 0 Å². The third-order valence-corrected chi connectivity index (χ3v) is 6.29. The van der Waals surface area contributed by atoms with Crippen LogP contribution in [0.15, 0.2) is 53.4 Å². The maximum Gasteiger partial charge on any atom is 0.433 e. The van der Waals surface area contributed by atoms with E-state index in [4.69, 9.17) is 0 Å². The number of benzene rings is 2. The van der Waals surface area contributed by atoms with E-state index in [1.807, 2.05) is 6.92 Å². The molecule has 0 saturated carbocycles. The van der Waals surface area contributed by atoms with Gasteiger partial charge >= 0.3 is 6.18 Å². The van der Waals surface area contributed by atoms with Crippen LogP contribution < -0.4 is 0 Å². The zero-order chi connectivity index (χ0) is 22.6. The summed E-state index contributed by atoms with van der Waals surface area (Å²) < 4.78 is 67.8. The molecule has 0 aliphatic carbocycles. The largest absolute Gasteiger partial charge is 0.433 e. The van der Waals surface area contributed by atoms with Crippen LogP contribution in [0.5, 0.6) is 0 Å². The molecule has 0 aliphatic heterocycles. The van der Waals surface area contributed by atoms with Gasteiger partial charge in [-0.05, 0) is 38.3 Å². The molecule has 0 bridgehead atoms. The molecule has 2 aromatic rings. The Morgan fingerprint density at radius 2 is 1.47 bits per heavy atom. The summed E-state index contributed by atoms with van der Waals surface area (Å²) in [6.07, 6.45) is -4.11. The van der Waals surface area contributed by atoms with Crippen molar-refractivity contribution in [2.75, 3.05) is 6.54 Å². The van der Waals surface area contributed by atoms with Crippen molar-refractivity contribution in [1.29, 1.82) is 0 Å². The Balaban J connectivity index is 2.55. The minimum atomic E-state index is -5.13. The molecule has 2 aromatic carbocycles. The van der Waals surface area contributed by atoms with Gasteiger partial charge in [0, 0.05) is 18.2 Å². The SMILES string of the molecule is CCCCN(C#CC(O)(c1ccc(C)cc1)C(F)(F)F)S(=O)(=O)c1ccc(C)cc1. The first kappa shape index (κ1) is 23.8. The van der Waals surface area contributed by atoms with E-state index in [0.717, 1.165) is 17.7 Å². The van der Waals surface area contributed by atoms with Crippen LogP contribution in [0.4, 0.5) is 13.2 Å². The fraction of sp³-hybridized carbons (Fsp3) is 0.364. The molecular weight excluding hydrogens is 415 g/mol. The highest BCUT2D eigenvalue weighted by Gasteiger charge is 2.54. The van der Waals surface area contributed by atoms with E-state index in [9.17, 15) is 26.7 Å². The Bertz CT molecular complexity index is 1020. The van der Waals surface area contributed by atoms with Crippen LogP contribution in [0.3, 0.4) is 0 Å². The third kappa shape index (κ3) is 5.15. The molecule has 0 fully saturated rings. The highest BCUT2D eigenvalue weighted by Crippen LogP contribution is 2.38. The molecule has 0 spiro atoms. The van der Waals surface area contributed by atoms with Gasteiger partial charge in [-0.25, -0.2) is 12.7 Å². The van der Waals surface area contributed by atoms with Crippen LogP contribution in [0.2, 0.25) is 0 Å². The second kappa shape index (κ2) is 9.11. The average molecular weight is 439 g/mol. The van der Waals surface area contributed by atoms with E-state index in [2.05, 4.69) is 6.04 Å². The van der Waals surface area contributed by atoms with Crippen LogP contribution in [0.1, 0.15) is 36.5 Å². The predicted octanol–water partition coefficient (Wildman–Crippen LogP) is 4.51. The first-order chi connectivity index (χ1) is 13.9. The van der Waals surface area contributed by atoms with Crippen LogP contribution >= 0.6 is 0 Å². The fourth-order valence-electron chi connectivity index (χ4n) is 2.62. The number of hydrogen-bond donors (Lipinski definition) is 1. The summed E-state index contributed by atoms with van der Waals surface area (Å²) in [5, 5.41) is 10.4. The van der Waals surface area contributed by atoms with Crippen LogP contribution in [0.25, 0.3) is 0 Å². The van der Waals surface area contributed by atoms with Gasteiger partial charge in [0.2, 0.25) is 5.60 Å². The molecule has 162 valence electrons. The number of halogens is 3. The first-order valence-corrected chi connectivity index (χ1v) is 10.8. The molecule has 0 heterocycles. The van der Waals surface area contributed by atoms with Crippen molar-refractivity contribution in [2.24, 2.45) is 0 Å². The van der Waals surface area contributed by atoms with Crippen molar-refractivity contribution in [3.8, 4) is 12.0 Å². The lowest BCUT2D eigenvalue weighted by molar-refractivity contribution is -0.240. The Morgan fingerprint density at radius 3 is 1.93 bits per heavy atom. The zero-order valence-electron chi connectivity index (χ0n) is 17.0. The van der Waals surface area contributed by atoms with Crippen molar-refractivity contribution >= 4 is 10.0 Å². The summed E-state index contributed by atoms with van der Waals surface area (Å²) in [7, 11) is -4.17. The molecule has 0 amide bonds. The number of alkyl halides is 3. The van der Waals surface area contributed by atoms with Crippen LogP contribution in [-0.4, -0.2) is 30.6 Å². The second-order valence-electron chi connectivity index (χ2n) is 7.05. The number of nitrogens with zero attached hydrogens (tertiary/aromatic N) is 1. The van der Waals surface area contributed by atoms with E-state index in [1.165, 1.54) is 24.3 Å². The van der Waals surface area contributed by atoms with Gasteiger partial charge < -0.3 is 5.11 Å². The lowest BCUT2D eigenvalue weighted by Gasteiger charge is -2.26. The van der Waals surface area contributed by atoms with E-state index in [1.54, 1.807) is 31.9 Å². The molecular formula is C22H24F3NO3S. The maximum absolute atomic E-state index is 13.7. The Kier molecular flexibility index (Phi) is 7.22. The summed E-state index contributed by atoms with van der Waals surface area (Å²) in [6.45, 7) is 5.21. The number of unbranched alkanes of at least 4 members (excludes halogenated alkanes) is 1. The van der Waals surface area contributed by atoms with E-state index >= 15 is 0 Å². The predicted molar refractivity (Wildman–Crippen MR) is 109 cm³/mol. The summed E-state index contributed by atoms with van der Waals surface area (Å²) in [5.41, 5.74) is -2.43. The van der Waals surface area contributed by atoms with Gasteiger partial charge in [-0.2, -0.15) is 13.2 Å². The van der Waals surface area contributed by atoms with Gasteiger partial charge in [0.05, 0.1) is 4.90 Å². The van der Waals surface area contributed by atoms with Crippen LogP contribution in [-0.2, 0) is 15.6 Å². The normalized spacial score (nSPS) is 13.8. The first-order valence-electron chi connectivity index (χ1n) is 9.40. The molecule has 0 aliphatic rings. The minimum absolute atomic E-state index is 0.0793. The smallest absolute Gasteiger partial charge is 0.366 e. The topological polar surface area (TPSA) is 57.6 Å². The summed E-state index contributed by atoms with van der Waals surface area (Å²) in [6, 6.07) is 13.1. The number of rotatable bonds is 6. The van der Waals surface area contributed by atoms with Gasteiger partial charge in [0.25, 0.3) is 10.0 Å². The van der Waals surface area contributed by atoms with Gasteiger partial charge in [-0.15, -0.1) is 0 Å². The molecule has 1 unspecified atom stereocenters. The quantitative estimate of drug-likeness (QED) is 0.532. The molecule has 0 saturated heterocycles. The monoisotopic (exact) mass is 439 g/mol. The van der Waals surface area contributed by atoms with Crippen molar-refractivity contribution in [2.45, 2.75) is 50.3 Å². The number of aryl methyl sites for hydroxylation is 2. The van der Waals surface area contributed by atoms with Crippen molar-refractivity contribution in [3.05, 3.63) is 65.2 Å². The van der Waals surface area contributed by atoms with Gasteiger partial charge in [-0.3, -0.25) is 0 Å². The summed E-state index contributed by atoms with van der Waals surface area (Å²) >= 11 is 0. The highest BCUT2D eigenvalue weighted by atomic mass is 32.2. The van der Waals surface area contributed by atoms with Crippen molar-refractivity contribution in [3.63, 3.8) is 0 Å². The number of aliphatic hydroxyl groups is 1. The molecule has 4 nitrogen and oxygen atoms in total. The molecule has 0 aromatic heterocycles. The zero-order valence-corrected chi connectivity index (χ0v) is 17.8. The van der Waals surface area contributed by atoms with E-state index in [0.29, 0.717) is 22.7 Å². The fourth-order valence-corrected chi connectivity index (χ4v) is 3.89. The molecule has 30 heavy (non-hydrogen) atoms. The minimum Gasteiger partial charge on any atom is -0.366 e. The Labute approximate surface area is 175 Å². The summed E-state index contributed by atoms with van der Waals surface area (Å²) in [5.74, 6) is 1.80. The number of sulfonamides is 1. The van der Waals surface area contributed by atoms with E-state index < -0.39 is 27.4 Å². The lowest BCUT2D eigenvalue weighted by Crippen LogP contribution is -2.41. The molecule has 0 radical (unpaired) electrons. The Morgan fingerprint density at radius 1 is 0.967 bits per heavy atom. The van der Waals surface area contributed by atoms with Crippen molar-refractivity contribution < 1.29 is 26.7 Å². The van der Waals surface area contributed by atoms with Gasteiger partial charge in [-0.1, -0.05) is 60.9 Å². The number of hydrogen-bond acceptors (Lipinski definition) is 3. The second-order valence-corrected chi connectivity index (χ2v) is 8.92. The average Bonchev–Trinajstić information content (AvgIpc) is 2.67. The third-order valence-electron chi connectivity index (χ3n) is 4.56. The molecule has 8 heteroatoms. The lowest BCUT2D eigenvalue weighted by atomic mass is 9.93. The van der Waals surface area contributed by atoms with Gasteiger partial charge in [0.15, 0.2) is 0 Å². The molecule has 1 N–H and O–H groups in total. The summed E-state index contributed by atoms with van der Waals surface area (Å²) in [4.78, 5) is -0.0793. The molecule has 2 rings (SSSR count). The highest BCUT2D eigenvalue weighted by molar-refractivity contribution is 7.89. The standard InChI is InChI=1S/C22H24F3NO3S/c1-4-5-15-26(30(28,29)20-12-8-18(3)9-13-20)16-14-21(27,22(23,24)25)19-10-6-17(2)7-11-19/h6-13,27H,4-5,15H2,1-3H3. The van der Waals surface area contributed by atoms with Crippen molar-refractivity contribution in [1.82, 2.24) is 4.31 Å². The Hall–Kier alpha value is -2.50. The molecule has 1 atom stereocenters. The van der Waals surface area contributed by atoms with E-state index in [-0.39, 0.29) is 11.4 Å². The maximum atomic E-state index is 13.7.